The summed E-state index contributed by atoms with van der Waals surface area (Å²) in [5.41, 5.74) is 4.54. The van der Waals surface area contributed by atoms with E-state index in [0.29, 0.717) is 22.9 Å². The standard InChI is InChI=1S/C18H17ClN4O/c1-10-5-6-14-16(15(10)19)22-17(21-14)18(24)23-9-7-13-12(11(23)2)4-3-8-20-13/h3-6,8,11H,7,9H2,1-2H3,(H,21,22)/t11-/m1/s1. The number of benzene rings is 1. The number of halogens is 1. The first-order valence-electron chi connectivity index (χ1n) is 7.96. The number of amides is 1. The smallest absolute Gasteiger partial charge is 0.290 e. The van der Waals surface area contributed by atoms with Crippen molar-refractivity contribution in [2.24, 2.45) is 0 Å². The molecule has 4 rings (SSSR count). The molecule has 122 valence electrons. The molecule has 3 aromatic rings. The van der Waals surface area contributed by atoms with E-state index in [0.717, 1.165) is 28.8 Å². The van der Waals surface area contributed by atoms with E-state index in [2.05, 4.69) is 15.0 Å². The van der Waals surface area contributed by atoms with Crippen LogP contribution in [0.5, 0.6) is 0 Å². The summed E-state index contributed by atoms with van der Waals surface area (Å²) in [6.45, 7) is 4.58. The van der Waals surface area contributed by atoms with Crippen molar-refractivity contribution in [3.05, 3.63) is 58.1 Å². The topological polar surface area (TPSA) is 61.9 Å². The number of nitrogens with one attached hydrogen (secondary N) is 1. The molecule has 1 aliphatic rings. The van der Waals surface area contributed by atoms with E-state index in [1.54, 1.807) is 6.20 Å². The van der Waals surface area contributed by atoms with Crippen LogP contribution in [-0.2, 0) is 6.42 Å². The van der Waals surface area contributed by atoms with Gasteiger partial charge in [0.1, 0.15) is 5.52 Å². The Morgan fingerprint density at radius 3 is 3.04 bits per heavy atom. The number of aromatic amines is 1. The van der Waals surface area contributed by atoms with Gasteiger partial charge in [-0.2, -0.15) is 0 Å². The van der Waals surface area contributed by atoms with Gasteiger partial charge in [0.15, 0.2) is 5.82 Å². The minimum Gasteiger partial charge on any atom is -0.334 e. The molecule has 3 heterocycles. The Morgan fingerprint density at radius 1 is 1.38 bits per heavy atom. The van der Waals surface area contributed by atoms with Gasteiger partial charge in [0.05, 0.1) is 16.6 Å². The van der Waals surface area contributed by atoms with Crippen molar-refractivity contribution in [1.82, 2.24) is 19.9 Å². The normalized spacial score (nSPS) is 17.1. The second-order valence-electron chi connectivity index (χ2n) is 6.14. The first kappa shape index (κ1) is 15.1. The van der Waals surface area contributed by atoms with Crippen molar-refractivity contribution < 1.29 is 4.79 Å². The maximum atomic E-state index is 13.0. The number of carbonyl (C=O) groups is 1. The van der Waals surface area contributed by atoms with Crippen LogP contribution in [0.4, 0.5) is 0 Å². The summed E-state index contributed by atoms with van der Waals surface area (Å²) in [6, 6.07) is 7.74. The van der Waals surface area contributed by atoms with Crippen LogP contribution < -0.4 is 0 Å². The Balaban J connectivity index is 1.71. The van der Waals surface area contributed by atoms with Crippen molar-refractivity contribution >= 4 is 28.5 Å². The SMILES string of the molecule is Cc1ccc2[nH]c(C(=O)N3CCc4ncccc4[C@H]3C)nc2c1Cl. The van der Waals surface area contributed by atoms with E-state index < -0.39 is 0 Å². The van der Waals surface area contributed by atoms with Crippen LogP contribution in [0.1, 0.15) is 40.4 Å². The number of rotatable bonds is 1. The number of imidazole rings is 1. The van der Waals surface area contributed by atoms with Gasteiger partial charge in [-0.05, 0) is 37.1 Å². The van der Waals surface area contributed by atoms with Crippen molar-refractivity contribution in [1.29, 1.82) is 0 Å². The minimum atomic E-state index is -0.109. The fourth-order valence-corrected chi connectivity index (χ4v) is 3.49. The molecule has 1 amide bonds. The largest absolute Gasteiger partial charge is 0.334 e. The Hall–Kier alpha value is -2.40. The molecule has 0 aliphatic carbocycles. The predicted molar refractivity (Wildman–Crippen MR) is 93.2 cm³/mol. The minimum absolute atomic E-state index is 0.0274. The van der Waals surface area contributed by atoms with Crippen LogP contribution in [-0.4, -0.2) is 32.3 Å². The number of aromatic nitrogens is 3. The fourth-order valence-electron chi connectivity index (χ4n) is 3.29. The molecule has 0 saturated heterocycles. The maximum Gasteiger partial charge on any atom is 0.290 e. The predicted octanol–water partition coefficient (Wildman–Crippen LogP) is 3.68. The van der Waals surface area contributed by atoms with Gasteiger partial charge in [0.2, 0.25) is 0 Å². The molecule has 1 atom stereocenters. The van der Waals surface area contributed by atoms with Crippen molar-refractivity contribution in [2.45, 2.75) is 26.3 Å². The Labute approximate surface area is 144 Å². The Kier molecular flexibility index (Phi) is 3.53. The van der Waals surface area contributed by atoms with Gasteiger partial charge >= 0.3 is 0 Å². The van der Waals surface area contributed by atoms with Gasteiger partial charge in [-0.15, -0.1) is 0 Å². The monoisotopic (exact) mass is 340 g/mol. The van der Waals surface area contributed by atoms with Gasteiger partial charge in [-0.25, -0.2) is 4.98 Å². The zero-order chi connectivity index (χ0) is 16.8. The molecule has 1 N–H and O–H groups in total. The van der Waals surface area contributed by atoms with Crippen LogP contribution in [0, 0.1) is 6.92 Å². The summed E-state index contributed by atoms with van der Waals surface area (Å²) in [6.07, 6.45) is 2.55. The zero-order valence-corrected chi connectivity index (χ0v) is 14.3. The number of carbonyl (C=O) groups excluding carboxylic acids is 1. The van der Waals surface area contributed by atoms with Gasteiger partial charge in [0, 0.05) is 24.9 Å². The molecule has 0 saturated carbocycles. The second-order valence-corrected chi connectivity index (χ2v) is 6.52. The summed E-state index contributed by atoms with van der Waals surface area (Å²) in [7, 11) is 0. The first-order valence-corrected chi connectivity index (χ1v) is 8.33. The number of hydrogen-bond acceptors (Lipinski definition) is 3. The van der Waals surface area contributed by atoms with Gasteiger partial charge in [-0.1, -0.05) is 23.7 Å². The van der Waals surface area contributed by atoms with Gasteiger partial charge in [-0.3, -0.25) is 9.78 Å². The molecule has 0 radical (unpaired) electrons. The molecule has 0 fully saturated rings. The van der Waals surface area contributed by atoms with E-state index >= 15 is 0 Å². The Bertz CT molecular complexity index is 949. The summed E-state index contributed by atoms with van der Waals surface area (Å²) < 4.78 is 0. The molecule has 6 heteroatoms. The summed E-state index contributed by atoms with van der Waals surface area (Å²) in [5.74, 6) is 0.221. The molecule has 0 spiro atoms. The molecule has 5 nitrogen and oxygen atoms in total. The van der Waals surface area contributed by atoms with E-state index in [9.17, 15) is 4.79 Å². The molecule has 2 aromatic heterocycles. The summed E-state index contributed by atoms with van der Waals surface area (Å²) >= 11 is 6.31. The maximum absolute atomic E-state index is 13.0. The van der Waals surface area contributed by atoms with Crippen LogP contribution >= 0.6 is 11.6 Å². The van der Waals surface area contributed by atoms with Crippen LogP contribution in [0.2, 0.25) is 5.02 Å². The number of pyridine rings is 1. The summed E-state index contributed by atoms with van der Waals surface area (Å²) in [5, 5.41) is 0.587. The zero-order valence-electron chi connectivity index (χ0n) is 13.5. The van der Waals surface area contributed by atoms with Gasteiger partial charge < -0.3 is 9.88 Å². The first-order chi connectivity index (χ1) is 11.6. The number of H-pyrrole nitrogens is 1. The highest BCUT2D eigenvalue weighted by molar-refractivity contribution is 6.35. The lowest BCUT2D eigenvalue weighted by Gasteiger charge is -2.34. The van der Waals surface area contributed by atoms with Crippen LogP contribution in [0.3, 0.4) is 0 Å². The second kappa shape index (κ2) is 5.60. The van der Waals surface area contributed by atoms with E-state index in [-0.39, 0.29) is 11.9 Å². The number of fused-ring (bicyclic) bond motifs is 2. The van der Waals surface area contributed by atoms with Crippen LogP contribution in [0.15, 0.2) is 30.5 Å². The quantitative estimate of drug-likeness (QED) is 0.735. The lowest BCUT2D eigenvalue weighted by molar-refractivity contribution is 0.0665. The average molecular weight is 341 g/mol. The lowest BCUT2D eigenvalue weighted by atomic mass is 9.98. The molecular formula is C18H17ClN4O. The van der Waals surface area contributed by atoms with E-state index in [1.165, 1.54) is 0 Å². The average Bonchev–Trinajstić information content (AvgIpc) is 3.03. The van der Waals surface area contributed by atoms with Crippen molar-refractivity contribution in [3.63, 3.8) is 0 Å². The molecule has 1 aliphatic heterocycles. The highest BCUT2D eigenvalue weighted by Gasteiger charge is 2.30. The lowest BCUT2D eigenvalue weighted by Crippen LogP contribution is -2.39. The third kappa shape index (κ3) is 2.27. The highest BCUT2D eigenvalue weighted by Crippen LogP contribution is 2.30. The van der Waals surface area contributed by atoms with Crippen molar-refractivity contribution in [2.75, 3.05) is 6.54 Å². The van der Waals surface area contributed by atoms with E-state index in [1.807, 2.05) is 43.0 Å². The van der Waals surface area contributed by atoms with Crippen LogP contribution in [0.25, 0.3) is 11.0 Å². The molecular weight excluding hydrogens is 324 g/mol. The van der Waals surface area contributed by atoms with Crippen molar-refractivity contribution in [3.8, 4) is 0 Å². The molecule has 24 heavy (non-hydrogen) atoms. The number of nitrogens with zero attached hydrogens (tertiary/aromatic N) is 3. The molecule has 0 unspecified atom stereocenters. The number of aryl methyl sites for hydroxylation is 1. The van der Waals surface area contributed by atoms with Gasteiger partial charge in [0.25, 0.3) is 5.91 Å². The molecule has 0 bridgehead atoms. The highest BCUT2D eigenvalue weighted by atomic mass is 35.5. The third-order valence-corrected chi connectivity index (χ3v) is 5.16. The van der Waals surface area contributed by atoms with E-state index in [4.69, 9.17) is 11.6 Å². The Morgan fingerprint density at radius 2 is 2.21 bits per heavy atom. The third-order valence-electron chi connectivity index (χ3n) is 4.68. The summed E-state index contributed by atoms with van der Waals surface area (Å²) in [4.78, 5) is 26.8. The molecule has 1 aromatic carbocycles. The fraction of sp³-hybridized carbons (Fsp3) is 0.278. The number of hydrogen-bond donors (Lipinski definition) is 1.